The maximum absolute atomic E-state index is 4.48. The molecule has 1 heterocycles. The Bertz CT molecular complexity index is 789. The molecule has 2 N–H and O–H groups in total. The molecule has 5 nitrogen and oxygen atoms in total. The zero-order valence-electron chi connectivity index (χ0n) is 13.9. The van der Waals surface area contributed by atoms with Gasteiger partial charge in [-0.1, -0.05) is 60.2 Å². The van der Waals surface area contributed by atoms with Crippen LogP contribution in [-0.2, 0) is 6.54 Å². The summed E-state index contributed by atoms with van der Waals surface area (Å²) in [5.41, 5.74) is 3.63. The summed E-state index contributed by atoms with van der Waals surface area (Å²) in [6.07, 6.45) is 1.64. The molecule has 1 aromatic heterocycles. The minimum Gasteiger partial charge on any atom is -0.362 e. The van der Waals surface area contributed by atoms with Crippen molar-refractivity contribution in [3.05, 3.63) is 77.5 Å². The van der Waals surface area contributed by atoms with Crippen molar-refractivity contribution < 1.29 is 0 Å². The Balaban J connectivity index is 1.63. The zero-order chi connectivity index (χ0) is 16.8. The number of benzene rings is 2. The molecule has 0 aliphatic carbocycles. The summed E-state index contributed by atoms with van der Waals surface area (Å²) in [4.78, 5) is 4.48. The molecular weight excluding hydrogens is 298 g/mol. The van der Waals surface area contributed by atoms with E-state index < -0.39 is 0 Å². The highest BCUT2D eigenvalue weighted by Gasteiger charge is 2.07. The van der Waals surface area contributed by atoms with E-state index in [1.807, 2.05) is 24.3 Å². The quantitative estimate of drug-likeness (QED) is 0.720. The Morgan fingerprint density at radius 1 is 1.04 bits per heavy atom. The second-order valence-corrected chi connectivity index (χ2v) is 5.78. The van der Waals surface area contributed by atoms with Crippen molar-refractivity contribution in [2.45, 2.75) is 26.4 Å². The van der Waals surface area contributed by atoms with E-state index in [1.165, 1.54) is 16.7 Å². The number of hydrogen-bond acceptors (Lipinski definition) is 5. The molecule has 1 atom stereocenters. The van der Waals surface area contributed by atoms with Crippen LogP contribution in [0.15, 0.2) is 60.8 Å². The van der Waals surface area contributed by atoms with Crippen molar-refractivity contribution in [1.29, 1.82) is 0 Å². The molecule has 122 valence electrons. The molecule has 5 heteroatoms. The van der Waals surface area contributed by atoms with E-state index in [1.54, 1.807) is 6.20 Å². The molecule has 0 saturated heterocycles. The maximum Gasteiger partial charge on any atom is 0.244 e. The summed E-state index contributed by atoms with van der Waals surface area (Å²) in [5, 5.41) is 14.6. The topological polar surface area (TPSA) is 62.7 Å². The average molecular weight is 319 g/mol. The highest BCUT2D eigenvalue weighted by Crippen LogP contribution is 2.17. The lowest BCUT2D eigenvalue weighted by Crippen LogP contribution is -2.11. The molecule has 0 fully saturated rings. The van der Waals surface area contributed by atoms with E-state index in [0.717, 1.165) is 0 Å². The maximum atomic E-state index is 4.48. The number of hydrogen-bond donors (Lipinski definition) is 2. The van der Waals surface area contributed by atoms with Gasteiger partial charge >= 0.3 is 0 Å². The smallest absolute Gasteiger partial charge is 0.244 e. The van der Waals surface area contributed by atoms with Gasteiger partial charge < -0.3 is 10.6 Å². The SMILES string of the molecule is Cc1cccc(CNc2nncc(NC(C)c3ccccc3)n2)c1. The average Bonchev–Trinajstić information content (AvgIpc) is 2.61. The van der Waals surface area contributed by atoms with Gasteiger partial charge in [0.2, 0.25) is 5.95 Å². The Labute approximate surface area is 142 Å². The van der Waals surface area contributed by atoms with Crippen LogP contribution >= 0.6 is 0 Å². The molecular formula is C19H21N5. The van der Waals surface area contributed by atoms with Gasteiger partial charge in [-0.25, -0.2) is 0 Å². The number of aromatic nitrogens is 3. The van der Waals surface area contributed by atoms with Crippen LogP contribution in [0.5, 0.6) is 0 Å². The number of nitrogens with zero attached hydrogens (tertiary/aromatic N) is 3. The van der Waals surface area contributed by atoms with E-state index in [-0.39, 0.29) is 6.04 Å². The molecule has 0 spiro atoms. The van der Waals surface area contributed by atoms with E-state index >= 15 is 0 Å². The van der Waals surface area contributed by atoms with E-state index in [0.29, 0.717) is 18.3 Å². The minimum absolute atomic E-state index is 0.146. The first-order valence-electron chi connectivity index (χ1n) is 8.01. The van der Waals surface area contributed by atoms with Crippen LogP contribution in [0.25, 0.3) is 0 Å². The Morgan fingerprint density at radius 3 is 2.67 bits per heavy atom. The normalized spacial score (nSPS) is 11.8. The summed E-state index contributed by atoms with van der Waals surface area (Å²) in [6, 6.07) is 18.7. The standard InChI is InChI=1S/C19H21N5/c1-14-7-6-8-16(11-14)12-20-19-23-18(13-21-24-19)22-15(2)17-9-4-3-5-10-17/h3-11,13,15H,12H2,1-2H3,(H2,20,22,23,24). The predicted molar refractivity (Wildman–Crippen MR) is 96.8 cm³/mol. The number of aryl methyl sites for hydroxylation is 1. The van der Waals surface area contributed by atoms with E-state index in [4.69, 9.17) is 0 Å². The molecule has 0 aliphatic heterocycles. The molecule has 0 radical (unpaired) electrons. The van der Waals surface area contributed by atoms with Gasteiger partial charge in [0, 0.05) is 12.6 Å². The zero-order valence-corrected chi connectivity index (χ0v) is 13.9. The molecule has 0 aliphatic rings. The van der Waals surface area contributed by atoms with Gasteiger partial charge in [-0.15, -0.1) is 5.10 Å². The molecule has 3 aromatic rings. The van der Waals surface area contributed by atoms with Crippen LogP contribution < -0.4 is 10.6 Å². The summed E-state index contributed by atoms with van der Waals surface area (Å²) in [5.74, 6) is 1.22. The van der Waals surface area contributed by atoms with Crippen molar-refractivity contribution in [3.63, 3.8) is 0 Å². The van der Waals surface area contributed by atoms with Crippen molar-refractivity contribution in [3.8, 4) is 0 Å². The number of anilines is 2. The second-order valence-electron chi connectivity index (χ2n) is 5.78. The van der Waals surface area contributed by atoms with Gasteiger partial charge in [-0.2, -0.15) is 10.1 Å². The van der Waals surface area contributed by atoms with Crippen molar-refractivity contribution in [2.75, 3.05) is 10.6 Å². The van der Waals surface area contributed by atoms with Crippen molar-refractivity contribution >= 4 is 11.8 Å². The van der Waals surface area contributed by atoms with Gasteiger partial charge in [0.15, 0.2) is 5.82 Å². The van der Waals surface area contributed by atoms with Gasteiger partial charge in [0.1, 0.15) is 0 Å². The van der Waals surface area contributed by atoms with Gasteiger partial charge in [-0.05, 0) is 25.0 Å². The van der Waals surface area contributed by atoms with Crippen LogP contribution in [0.4, 0.5) is 11.8 Å². The summed E-state index contributed by atoms with van der Waals surface area (Å²) in [7, 11) is 0. The highest BCUT2D eigenvalue weighted by molar-refractivity contribution is 5.40. The lowest BCUT2D eigenvalue weighted by Gasteiger charge is -2.15. The second kappa shape index (κ2) is 7.55. The monoisotopic (exact) mass is 319 g/mol. The molecule has 0 bridgehead atoms. The third kappa shape index (κ3) is 4.29. The molecule has 1 unspecified atom stereocenters. The first-order chi connectivity index (χ1) is 11.7. The fourth-order valence-corrected chi connectivity index (χ4v) is 2.50. The highest BCUT2D eigenvalue weighted by atomic mass is 15.3. The van der Waals surface area contributed by atoms with Crippen LogP contribution in [0.3, 0.4) is 0 Å². The Hall–Kier alpha value is -2.95. The largest absolute Gasteiger partial charge is 0.362 e. The van der Waals surface area contributed by atoms with E-state index in [2.05, 4.69) is 70.0 Å². The van der Waals surface area contributed by atoms with Crippen LogP contribution in [0.2, 0.25) is 0 Å². The minimum atomic E-state index is 0.146. The van der Waals surface area contributed by atoms with Crippen LogP contribution in [-0.4, -0.2) is 15.2 Å². The van der Waals surface area contributed by atoms with Gasteiger partial charge in [-0.3, -0.25) is 0 Å². The Morgan fingerprint density at radius 2 is 1.88 bits per heavy atom. The van der Waals surface area contributed by atoms with Crippen LogP contribution in [0, 0.1) is 6.92 Å². The first-order valence-corrected chi connectivity index (χ1v) is 8.01. The fraction of sp³-hybridized carbons (Fsp3) is 0.211. The molecule has 0 amide bonds. The third-order valence-corrected chi connectivity index (χ3v) is 3.76. The van der Waals surface area contributed by atoms with Gasteiger partial charge in [0.25, 0.3) is 0 Å². The number of rotatable bonds is 6. The first kappa shape index (κ1) is 15.9. The molecule has 2 aromatic carbocycles. The predicted octanol–water partition coefficient (Wildman–Crippen LogP) is 3.97. The van der Waals surface area contributed by atoms with Crippen molar-refractivity contribution in [1.82, 2.24) is 15.2 Å². The van der Waals surface area contributed by atoms with Crippen molar-refractivity contribution in [2.24, 2.45) is 0 Å². The van der Waals surface area contributed by atoms with Crippen LogP contribution in [0.1, 0.15) is 29.7 Å². The Kier molecular flexibility index (Phi) is 5.01. The fourth-order valence-electron chi connectivity index (χ4n) is 2.50. The summed E-state index contributed by atoms with van der Waals surface area (Å²) >= 11 is 0. The van der Waals surface area contributed by atoms with E-state index in [9.17, 15) is 0 Å². The number of nitrogens with one attached hydrogen (secondary N) is 2. The molecule has 24 heavy (non-hydrogen) atoms. The van der Waals surface area contributed by atoms with Gasteiger partial charge in [0.05, 0.1) is 6.20 Å². The lowest BCUT2D eigenvalue weighted by molar-refractivity contribution is 0.857. The summed E-state index contributed by atoms with van der Waals surface area (Å²) < 4.78 is 0. The molecule has 0 saturated carbocycles. The molecule has 3 rings (SSSR count). The lowest BCUT2D eigenvalue weighted by atomic mass is 10.1. The summed E-state index contributed by atoms with van der Waals surface area (Å²) in [6.45, 7) is 4.84. The third-order valence-electron chi connectivity index (χ3n) is 3.76.